The number of nitrogens with two attached hydrogens (primary N) is 1. The second-order valence-electron chi connectivity index (χ2n) is 9.90. The van der Waals surface area contributed by atoms with Crippen molar-refractivity contribution in [1.29, 1.82) is 0 Å². The lowest BCUT2D eigenvalue weighted by molar-refractivity contribution is -0.118. The van der Waals surface area contributed by atoms with E-state index in [0.29, 0.717) is 38.9 Å². The van der Waals surface area contributed by atoms with E-state index in [-0.39, 0.29) is 25.0 Å². The molecule has 0 spiro atoms. The van der Waals surface area contributed by atoms with Crippen molar-refractivity contribution in [1.82, 2.24) is 9.97 Å². The monoisotopic (exact) mass is 541 g/mol. The van der Waals surface area contributed by atoms with Crippen molar-refractivity contribution >= 4 is 22.6 Å². The summed E-state index contributed by atoms with van der Waals surface area (Å²) >= 11 is 0. The molecule has 0 unspecified atom stereocenters. The molecule has 0 aliphatic heterocycles. The maximum atomic E-state index is 14.1. The molecule has 202 valence electrons. The van der Waals surface area contributed by atoms with Crippen LogP contribution in [-0.2, 0) is 17.6 Å². The quantitative estimate of drug-likeness (QED) is 0.221. The van der Waals surface area contributed by atoms with E-state index in [4.69, 9.17) is 5.73 Å². The zero-order valence-corrected chi connectivity index (χ0v) is 21.7. The van der Waals surface area contributed by atoms with Crippen LogP contribution in [0, 0.1) is 24.4 Å². The molecule has 1 amide bonds. The highest BCUT2D eigenvalue weighted by Crippen LogP contribution is 2.34. The molecular formula is C32H26F3N3O2. The summed E-state index contributed by atoms with van der Waals surface area (Å²) in [5, 5.41) is 0.636. The average Bonchev–Trinajstić information content (AvgIpc) is 3.21. The molecule has 2 heterocycles. The third-order valence-electron chi connectivity index (χ3n) is 7.02. The van der Waals surface area contributed by atoms with Gasteiger partial charge in [0.05, 0.1) is 5.69 Å². The fourth-order valence-corrected chi connectivity index (χ4v) is 5.23. The van der Waals surface area contributed by atoms with Gasteiger partial charge in [0.2, 0.25) is 5.91 Å². The van der Waals surface area contributed by atoms with E-state index in [1.54, 1.807) is 42.6 Å². The Hall–Kier alpha value is -4.72. The first-order valence-electron chi connectivity index (χ1n) is 12.8. The number of ketones is 1. The molecular weight excluding hydrogens is 515 g/mol. The molecule has 5 aromatic rings. The Morgan fingerprint density at radius 1 is 0.925 bits per heavy atom. The van der Waals surface area contributed by atoms with Gasteiger partial charge in [0.15, 0.2) is 0 Å². The lowest BCUT2D eigenvalue weighted by Gasteiger charge is -2.20. The molecule has 1 atom stereocenters. The standard InChI is InChI=1S/C32H26F3N3O2/c1-18-28(29-16-23(33)7-8-30(29)38-18)17-26(39)14-22(10-19-11-24(34)15-25(35)12-19)31-27(6-3-9-37-31)20-4-2-5-21(13-20)32(36)40/h2-9,11-13,15-16,22,38H,10,14,17H2,1H3,(H2,36,40)/t22-/m1/s1. The zero-order valence-electron chi connectivity index (χ0n) is 21.7. The van der Waals surface area contributed by atoms with Crippen LogP contribution in [0.1, 0.15) is 45.2 Å². The van der Waals surface area contributed by atoms with E-state index < -0.39 is 29.3 Å². The van der Waals surface area contributed by atoms with Crippen molar-refractivity contribution in [3.8, 4) is 11.1 Å². The summed E-state index contributed by atoms with van der Waals surface area (Å²) in [7, 11) is 0. The Labute approximate surface area is 228 Å². The molecule has 0 saturated carbocycles. The molecule has 40 heavy (non-hydrogen) atoms. The van der Waals surface area contributed by atoms with Crippen molar-refractivity contribution in [3.05, 3.63) is 125 Å². The van der Waals surface area contributed by atoms with Gasteiger partial charge in [0.1, 0.15) is 23.2 Å². The summed E-state index contributed by atoms with van der Waals surface area (Å²) in [6, 6.07) is 18.0. The smallest absolute Gasteiger partial charge is 0.248 e. The number of nitrogens with one attached hydrogen (secondary N) is 1. The number of halogens is 3. The van der Waals surface area contributed by atoms with Gasteiger partial charge in [-0.05, 0) is 78.6 Å². The molecule has 0 saturated heterocycles. The predicted molar refractivity (Wildman–Crippen MR) is 147 cm³/mol. The van der Waals surface area contributed by atoms with Crippen LogP contribution in [0.15, 0.2) is 79.0 Å². The van der Waals surface area contributed by atoms with Crippen LogP contribution in [0.3, 0.4) is 0 Å². The van der Waals surface area contributed by atoms with E-state index in [1.165, 1.54) is 24.3 Å². The molecule has 8 heteroatoms. The first-order chi connectivity index (χ1) is 19.2. The first kappa shape index (κ1) is 26.9. The van der Waals surface area contributed by atoms with Crippen LogP contribution in [0.4, 0.5) is 13.2 Å². The number of fused-ring (bicyclic) bond motifs is 1. The fraction of sp³-hybridized carbons (Fsp3) is 0.156. The number of aromatic nitrogens is 2. The highest BCUT2D eigenvalue weighted by molar-refractivity contribution is 5.94. The number of hydrogen-bond acceptors (Lipinski definition) is 3. The number of aromatic amines is 1. The molecule has 0 radical (unpaired) electrons. The van der Waals surface area contributed by atoms with Crippen molar-refractivity contribution in [3.63, 3.8) is 0 Å². The van der Waals surface area contributed by atoms with Crippen molar-refractivity contribution in [2.24, 2.45) is 5.73 Å². The molecule has 0 aliphatic rings. The summed E-state index contributed by atoms with van der Waals surface area (Å²) in [6.45, 7) is 1.83. The number of carbonyl (C=O) groups excluding carboxylic acids is 2. The number of hydrogen-bond donors (Lipinski definition) is 2. The summed E-state index contributed by atoms with van der Waals surface area (Å²) in [6.07, 6.45) is 1.79. The molecule has 0 aliphatic carbocycles. The van der Waals surface area contributed by atoms with Gasteiger partial charge in [-0.1, -0.05) is 18.2 Å². The topological polar surface area (TPSA) is 88.8 Å². The molecule has 0 bridgehead atoms. The van der Waals surface area contributed by atoms with Crippen LogP contribution in [0.25, 0.3) is 22.0 Å². The summed E-state index contributed by atoms with van der Waals surface area (Å²) in [4.78, 5) is 33.1. The van der Waals surface area contributed by atoms with Gasteiger partial charge in [-0.25, -0.2) is 13.2 Å². The van der Waals surface area contributed by atoms with E-state index >= 15 is 0 Å². The number of Topliss-reactive ketones (excluding diaryl/α,β-unsaturated/α-hetero) is 1. The average molecular weight is 542 g/mol. The minimum absolute atomic E-state index is 0.0130. The SMILES string of the molecule is Cc1[nH]c2ccc(F)cc2c1CC(=O)C[C@@H](Cc1cc(F)cc(F)c1)c1ncccc1-c1cccc(C(N)=O)c1. The molecule has 5 nitrogen and oxygen atoms in total. The van der Waals surface area contributed by atoms with Crippen molar-refractivity contribution in [2.75, 3.05) is 0 Å². The number of rotatable bonds is 9. The molecule has 2 aromatic heterocycles. The second-order valence-corrected chi connectivity index (χ2v) is 9.90. The van der Waals surface area contributed by atoms with Gasteiger partial charge in [-0.3, -0.25) is 14.6 Å². The number of amides is 1. The minimum atomic E-state index is -0.716. The second kappa shape index (κ2) is 11.2. The molecule has 3 aromatic carbocycles. The van der Waals surface area contributed by atoms with Crippen LogP contribution < -0.4 is 5.73 Å². The largest absolute Gasteiger partial charge is 0.366 e. The van der Waals surface area contributed by atoms with Gasteiger partial charge in [-0.15, -0.1) is 0 Å². The number of nitrogens with zero attached hydrogens (tertiary/aromatic N) is 1. The third kappa shape index (κ3) is 5.81. The van der Waals surface area contributed by atoms with Gasteiger partial charge in [-0.2, -0.15) is 0 Å². The van der Waals surface area contributed by atoms with Crippen LogP contribution in [0.5, 0.6) is 0 Å². The van der Waals surface area contributed by atoms with Crippen LogP contribution in [0.2, 0.25) is 0 Å². The highest BCUT2D eigenvalue weighted by Gasteiger charge is 2.24. The number of H-pyrrole nitrogens is 1. The van der Waals surface area contributed by atoms with E-state index in [2.05, 4.69) is 9.97 Å². The lowest BCUT2D eigenvalue weighted by atomic mass is 9.85. The minimum Gasteiger partial charge on any atom is -0.366 e. The van der Waals surface area contributed by atoms with Crippen molar-refractivity contribution < 1.29 is 22.8 Å². The van der Waals surface area contributed by atoms with Crippen LogP contribution in [-0.4, -0.2) is 21.7 Å². The van der Waals surface area contributed by atoms with E-state index in [0.717, 1.165) is 17.3 Å². The Morgan fingerprint density at radius 2 is 1.70 bits per heavy atom. The third-order valence-corrected chi connectivity index (χ3v) is 7.02. The Balaban J connectivity index is 1.53. The zero-order chi connectivity index (χ0) is 28.4. The number of carbonyl (C=O) groups is 2. The first-order valence-corrected chi connectivity index (χ1v) is 12.8. The normalized spacial score (nSPS) is 12.0. The Morgan fingerprint density at radius 3 is 2.45 bits per heavy atom. The number of pyridine rings is 1. The summed E-state index contributed by atoms with van der Waals surface area (Å²) < 4.78 is 42.2. The van der Waals surface area contributed by atoms with Gasteiger partial charge < -0.3 is 10.7 Å². The lowest BCUT2D eigenvalue weighted by Crippen LogP contribution is -2.15. The van der Waals surface area contributed by atoms with E-state index in [1.807, 2.05) is 13.0 Å². The maximum Gasteiger partial charge on any atom is 0.248 e. The van der Waals surface area contributed by atoms with Gasteiger partial charge in [0.25, 0.3) is 0 Å². The fourth-order valence-electron chi connectivity index (χ4n) is 5.23. The number of aryl methyl sites for hydroxylation is 1. The number of benzene rings is 3. The predicted octanol–water partition coefficient (Wildman–Crippen LogP) is 6.58. The maximum absolute atomic E-state index is 14.1. The number of primary amides is 1. The van der Waals surface area contributed by atoms with Gasteiger partial charge in [0, 0.05) is 58.7 Å². The molecule has 5 rings (SSSR count). The molecule has 3 N–H and O–H groups in total. The van der Waals surface area contributed by atoms with Gasteiger partial charge >= 0.3 is 0 Å². The summed E-state index contributed by atoms with van der Waals surface area (Å²) in [5.74, 6) is -3.11. The Bertz CT molecular complexity index is 1730. The van der Waals surface area contributed by atoms with Crippen LogP contribution >= 0.6 is 0 Å². The van der Waals surface area contributed by atoms with E-state index in [9.17, 15) is 22.8 Å². The van der Waals surface area contributed by atoms with Crippen molar-refractivity contribution in [2.45, 2.75) is 32.1 Å². The Kier molecular flexibility index (Phi) is 7.51. The molecule has 0 fully saturated rings. The highest BCUT2D eigenvalue weighted by atomic mass is 19.1. The summed E-state index contributed by atoms with van der Waals surface area (Å²) in [5.41, 5.74) is 10.3.